The Morgan fingerprint density at radius 1 is 1.19 bits per heavy atom. The van der Waals surface area contributed by atoms with Crippen molar-refractivity contribution in [2.45, 2.75) is 11.7 Å². The van der Waals surface area contributed by atoms with Gasteiger partial charge in [-0.15, -0.1) is 11.8 Å². The molecule has 1 N–H and O–H groups in total. The first-order valence-corrected chi connectivity index (χ1v) is 11.7. The van der Waals surface area contributed by atoms with Crippen LogP contribution in [0.2, 0.25) is 0 Å². The number of rotatable bonds is 6. The monoisotopic (exact) mass is 564 g/mol. The number of thioether (sulfide) groups is 1. The fourth-order valence-electron chi connectivity index (χ4n) is 3.29. The zero-order chi connectivity index (χ0) is 22.5. The molecule has 0 fully saturated rings. The van der Waals surface area contributed by atoms with Crippen molar-refractivity contribution in [2.75, 3.05) is 14.2 Å². The lowest BCUT2D eigenvalue weighted by Crippen LogP contribution is -2.44. The molecule has 160 valence electrons. The van der Waals surface area contributed by atoms with Gasteiger partial charge in [0.25, 0.3) is 0 Å². The van der Waals surface area contributed by atoms with Crippen LogP contribution in [0.3, 0.4) is 0 Å². The minimum absolute atomic E-state index is 0.314. The summed E-state index contributed by atoms with van der Waals surface area (Å²) in [5.74, 6) is -1.99. The molecule has 0 aliphatic carbocycles. The summed E-state index contributed by atoms with van der Waals surface area (Å²) in [5.41, 5.74) is 1.98. The molecule has 0 radical (unpaired) electrons. The van der Waals surface area contributed by atoms with E-state index in [1.54, 1.807) is 25.3 Å². The van der Waals surface area contributed by atoms with Gasteiger partial charge in [-0.25, -0.2) is 0 Å². The van der Waals surface area contributed by atoms with Gasteiger partial charge in [-0.3, -0.25) is 9.59 Å². The van der Waals surface area contributed by atoms with Gasteiger partial charge in [0.1, 0.15) is 11.7 Å². The van der Waals surface area contributed by atoms with Gasteiger partial charge in [0, 0.05) is 16.1 Å². The van der Waals surface area contributed by atoms with E-state index in [2.05, 4.69) is 43.2 Å². The van der Waals surface area contributed by atoms with Crippen LogP contribution in [0.5, 0.6) is 5.75 Å². The molecule has 1 heterocycles. The molecule has 1 aliphatic rings. The first kappa shape index (κ1) is 23.4. The van der Waals surface area contributed by atoms with E-state index < -0.39 is 23.7 Å². The van der Waals surface area contributed by atoms with E-state index in [1.807, 2.05) is 24.3 Å². The maximum Gasteiger partial charge on any atom is 0.319 e. The van der Waals surface area contributed by atoms with Crippen LogP contribution >= 0.6 is 43.6 Å². The van der Waals surface area contributed by atoms with Crippen molar-refractivity contribution in [3.05, 3.63) is 73.1 Å². The number of nitrogens with zero attached hydrogens (tertiary/aromatic N) is 1. The second kappa shape index (κ2) is 10.4. The number of ether oxygens (including phenoxy) is 2. The molecule has 2 aromatic rings. The molecule has 0 unspecified atom stereocenters. The van der Waals surface area contributed by atoms with Crippen molar-refractivity contribution >= 4 is 55.5 Å². The van der Waals surface area contributed by atoms with Crippen LogP contribution in [0.15, 0.2) is 62.0 Å². The molecule has 31 heavy (non-hydrogen) atoms. The molecule has 2 atom stereocenters. The number of nitrogens with one attached hydrogen (secondary N) is 1. The lowest BCUT2D eigenvalue weighted by molar-refractivity contribution is -0.150. The van der Waals surface area contributed by atoms with Gasteiger partial charge in [-0.2, -0.15) is 5.26 Å². The summed E-state index contributed by atoms with van der Waals surface area (Å²) in [4.78, 5) is 25.4. The van der Waals surface area contributed by atoms with Crippen LogP contribution in [0.1, 0.15) is 17.0 Å². The van der Waals surface area contributed by atoms with Gasteiger partial charge in [0.2, 0.25) is 5.91 Å². The molecule has 2 aromatic carbocycles. The van der Waals surface area contributed by atoms with Crippen LogP contribution in [-0.4, -0.2) is 26.1 Å². The molecule has 6 nitrogen and oxygen atoms in total. The highest BCUT2D eigenvalue weighted by Crippen LogP contribution is 2.42. The number of methoxy groups -OCH3 is 2. The van der Waals surface area contributed by atoms with Crippen molar-refractivity contribution < 1.29 is 19.1 Å². The number of hydrogen-bond donors (Lipinski definition) is 1. The van der Waals surface area contributed by atoms with Gasteiger partial charge >= 0.3 is 5.97 Å². The van der Waals surface area contributed by atoms with Gasteiger partial charge in [-0.1, -0.05) is 34.1 Å². The number of amides is 1. The standard InChI is InChI=1S/C22H18Br2N2O4S/c1-29-17-8-5-13(9-16(17)24)18-15(10-25)21(26-20(27)19(18)22(28)30-2)31-11-12-3-6-14(23)7-4-12/h3-9,18-19H,11H2,1-2H3,(H,26,27)/t18-,19-/m0/s1. The number of carbonyl (C=O) groups is 2. The molecule has 0 saturated heterocycles. The molecule has 0 bridgehead atoms. The minimum Gasteiger partial charge on any atom is -0.496 e. The van der Waals surface area contributed by atoms with E-state index >= 15 is 0 Å². The van der Waals surface area contributed by atoms with Crippen molar-refractivity contribution in [1.82, 2.24) is 5.32 Å². The first-order valence-electron chi connectivity index (χ1n) is 9.13. The predicted octanol–water partition coefficient (Wildman–Crippen LogP) is 4.89. The Balaban J connectivity index is 2.04. The number of carbonyl (C=O) groups excluding carboxylic acids is 2. The van der Waals surface area contributed by atoms with E-state index in [0.29, 0.717) is 32.1 Å². The van der Waals surface area contributed by atoms with E-state index in [4.69, 9.17) is 9.47 Å². The summed E-state index contributed by atoms with van der Waals surface area (Å²) < 4.78 is 11.8. The van der Waals surface area contributed by atoms with Gasteiger partial charge < -0.3 is 14.8 Å². The highest BCUT2D eigenvalue weighted by Gasteiger charge is 2.44. The topological polar surface area (TPSA) is 88.4 Å². The maximum atomic E-state index is 12.9. The van der Waals surface area contributed by atoms with E-state index in [9.17, 15) is 14.9 Å². The smallest absolute Gasteiger partial charge is 0.319 e. The Bertz CT molecular complexity index is 1080. The summed E-state index contributed by atoms with van der Waals surface area (Å²) in [5, 5.41) is 13.2. The van der Waals surface area contributed by atoms with Crippen molar-refractivity contribution in [1.29, 1.82) is 5.26 Å². The third-order valence-electron chi connectivity index (χ3n) is 4.82. The summed E-state index contributed by atoms with van der Waals surface area (Å²) in [7, 11) is 2.77. The van der Waals surface area contributed by atoms with Gasteiger partial charge in [0.05, 0.1) is 35.4 Å². The SMILES string of the molecule is COC(=O)[C@@H]1C(=O)NC(SCc2ccc(Br)cc2)=C(C#N)[C@@H]1c1ccc(OC)c(Br)c1. The summed E-state index contributed by atoms with van der Waals surface area (Å²) in [6.07, 6.45) is 0. The van der Waals surface area contributed by atoms with Crippen molar-refractivity contribution in [2.24, 2.45) is 5.92 Å². The lowest BCUT2D eigenvalue weighted by Gasteiger charge is -2.31. The Morgan fingerprint density at radius 2 is 1.90 bits per heavy atom. The van der Waals surface area contributed by atoms with Crippen LogP contribution in [0.4, 0.5) is 0 Å². The molecule has 3 rings (SSSR count). The fourth-order valence-corrected chi connectivity index (χ4v) is 5.12. The Hall–Kier alpha value is -2.28. The lowest BCUT2D eigenvalue weighted by atomic mass is 9.78. The molecule has 1 aliphatic heterocycles. The molecule has 9 heteroatoms. The summed E-state index contributed by atoms with van der Waals surface area (Å²) >= 11 is 8.19. The fraction of sp³-hybridized carbons (Fsp3) is 0.227. The summed E-state index contributed by atoms with van der Waals surface area (Å²) in [6.45, 7) is 0. The van der Waals surface area contributed by atoms with Crippen molar-refractivity contribution in [3.8, 4) is 11.8 Å². The van der Waals surface area contributed by atoms with Crippen LogP contribution < -0.4 is 10.1 Å². The van der Waals surface area contributed by atoms with Crippen LogP contribution in [0, 0.1) is 17.2 Å². The largest absolute Gasteiger partial charge is 0.496 e. The van der Waals surface area contributed by atoms with Gasteiger partial charge in [-0.05, 0) is 51.3 Å². The number of nitriles is 1. The number of benzene rings is 2. The number of esters is 1. The Morgan fingerprint density at radius 3 is 2.48 bits per heavy atom. The number of halogens is 2. The molecule has 0 spiro atoms. The average molecular weight is 566 g/mol. The van der Waals surface area contributed by atoms with E-state index in [0.717, 1.165) is 10.0 Å². The van der Waals surface area contributed by atoms with Crippen molar-refractivity contribution in [3.63, 3.8) is 0 Å². The molecular formula is C22H18Br2N2O4S. The van der Waals surface area contributed by atoms with E-state index in [-0.39, 0.29) is 0 Å². The minimum atomic E-state index is -1.17. The highest BCUT2D eigenvalue weighted by atomic mass is 79.9. The van der Waals surface area contributed by atoms with Crippen LogP contribution in [-0.2, 0) is 20.1 Å². The zero-order valence-corrected chi connectivity index (χ0v) is 20.6. The third-order valence-corrected chi connectivity index (χ3v) is 7.05. The molecule has 1 amide bonds. The summed E-state index contributed by atoms with van der Waals surface area (Å²) in [6, 6.07) is 15.2. The quantitative estimate of drug-likeness (QED) is 0.396. The number of hydrogen-bond acceptors (Lipinski definition) is 6. The normalized spacial score (nSPS) is 18.2. The zero-order valence-electron chi connectivity index (χ0n) is 16.6. The van der Waals surface area contributed by atoms with Crippen LogP contribution in [0.25, 0.3) is 0 Å². The second-order valence-corrected chi connectivity index (χ2v) is 9.39. The molecule has 0 aromatic heterocycles. The molecule has 0 saturated carbocycles. The molecular weight excluding hydrogens is 548 g/mol. The van der Waals surface area contributed by atoms with Gasteiger partial charge in [0.15, 0.2) is 0 Å². The Labute approximate surface area is 201 Å². The predicted molar refractivity (Wildman–Crippen MR) is 125 cm³/mol. The highest BCUT2D eigenvalue weighted by molar-refractivity contribution is 9.10. The second-order valence-electron chi connectivity index (χ2n) is 6.63. The average Bonchev–Trinajstić information content (AvgIpc) is 2.77. The first-order chi connectivity index (χ1) is 14.9. The third kappa shape index (κ3) is 5.14. The maximum absolute atomic E-state index is 12.9. The van der Waals surface area contributed by atoms with E-state index in [1.165, 1.54) is 18.9 Å². The Kier molecular flexibility index (Phi) is 7.81. The number of allylic oxidation sites excluding steroid dienone is 1.